The van der Waals surface area contributed by atoms with Gasteiger partial charge >= 0.3 is 5.97 Å². The van der Waals surface area contributed by atoms with Crippen LogP contribution in [0, 0.1) is 5.41 Å². The molecule has 0 aliphatic heterocycles. The first-order chi connectivity index (χ1) is 9.22. The molecule has 2 rings (SSSR count). The fourth-order valence-electron chi connectivity index (χ4n) is 2.15. The third-order valence-electron chi connectivity index (χ3n) is 3.66. The van der Waals surface area contributed by atoms with E-state index >= 15 is 0 Å². The SMILES string of the molecule is CC(C)(CNS(=O)(=O)c1ccc2c(c1)CCC2)C(=O)O. The van der Waals surface area contributed by atoms with Crippen molar-refractivity contribution in [3.05, 3.63) is 29.3 Å². The summed E-state index contributed by atoms with van der Waals surface area (Å²) >= 11 is 0. The number of benzene rings is 1. The van der Waals surface area contributed by atoms with Crippen LogP contribution >= 0.6 is 0 Å². The topological polar surface area (TPSA) is 83.5 Å². The van der Waals surface area contributed by atoms with Crippen LogP contribution in [0.5, 0.6) is 0 Å². The summed E-state index contributed by atoms with van der Waals surface area (Å²) in [7, 11) is -3.66. The van der Waals surface area contributed by atoms with Gasteiger partial charge in [0, 0.05) is 6.54 Å². The van der Waals surface area contributed by atoms with Gasteiger partial charge in [-0.2, -0.15) is 0 Å². The molecule has 0 saturated carbocycles. The summed E-state index contributed by atoms with van der Waals surface area (Å²) in [6.45, 7) is 2.84. The molecule has 1 aliphatic rings. The third kappa shape index (κ3) is 3.02. The molecule has 0 radical (unpaired) electrons. The van der Waals surface area contributed by atoms with Crippen molar-refractivity contribution < 1.29 is 18.3 Å². The molecule has 1 aromatic carbocycles. The molecule has 1 aliphatic carbocycles. The molecule has 0 unspecified atom stereocenters. The van der Waals surface area contributed by atoms with E-state index in [2.05, 4.69) is 4.72 Å². The highest BCUT2D eigenvalue weighted by Gasteiger charge is 2.29. The highest BCUT2D eigenvalue weighted by Crippen LogP contribution is 2.25. The van der Waals surface area contributed by atoms with Crippen molar-refractivity contribution in [3.63, 3.8) is 0 Å². The fraction of sp³-hybridized carbons (Fsp3) is 0.500. The van der Waals surface area contributed by atoms with Gasteiger partial charge in [0.1, 0.15) is 0 Å². The number of carbonyl (C=O) groups is 1. The van der Waals surface area contributed by atoms with Gasteiger partial charge in [0.2, 0.25) is 10.0 Å². The number of sulfonamides is 1. The smallest absolute Gasteiger partial charge is 0.310 e. The Morgan fingerprint density at radius 1 is 1.30 bits per heavy atom. The zero-order valence-corrected chi connectivity index (χ0v) is 12.5. The van der Waals surface area contributed by atoms with Gasteiger partial charge in [0.25, 0.3) is 0 Å². The van der Waals surface area contributed by atoms with E-state index in [4.69, 9.17) is 5.11 Å². The minimum absolute atomic E-state index is 0.137. The Labute approximate surface area is 119 Å². The van der Waals surface area contributed by atoms with Gasteiger partial charge < -0.3 is 5.11 Å². The lowest BCUT2D eigenvalue weighted by molar-refractivity contribution is -0.146. The van der Waals surface area contributed by atoms with Crippen LogP contribution in [0.2, 0.25) is 0 Å². The molecule has 2 N–H and O–H groups in total. The number of rotatable bonds is 5. The standard InChI is InChI=1S/C14H19NO4S/c1-14(2,13(16)17)9-15-20(18,19)12-7-6-10-4-3-5-11(10)8-12/h6-8,15H,3-5,9H2,1-2H3,(H,16,17). The third-order valence-corrected chi connectivity index (χ3v) is 5.06. The normalized spacial score (nSPS) is 15.1. The van der Waals surface area contributed by atoms with Crippen LogP contribution in [0.1, 0.15) is 31.4 Å². The molecule has 0 bridgehead atoms. The van der Waals surface area contributed by atoms with E-state index in [0.29, 0.717) is 0 Å². The quantitative estimate of drug-likeness (QED) is 0.864. The fourth-order valence-corrected chi connectivity index (χ4v) is 3.41. The van der Waals surface area contributed by atoms with Crippen molar-refractivity contribution in [2.24, 2.45) is 5.41 Å². The molecule has 0 amide bonds. The summed E-state index contributed by atoms with van der Waals surface area (Å²) in [6, 6.07) is 5.12. The minimum atomic E-state index is -3.66. The lowest BCUT2D eigenvalue weighted by Crippen LogP contribution is -2.38. The Bertz CT molecular complexity index is 635. The number of carboxylic acid groups (broad SMARTS) is 1. The molecular formula is C14H19NO4S. The van der Waals surface area contributed by atoms with Crippen LogP contribution in [0.4, 0.5) is 0 Å². The van der Waals surface area contributed by atoms with E-state index < -0.39 is 21.4 Å². The number of carboxylic acids is 1. The maximum atomic E-state index is 12.2. The van der Waals surface area contributed by atoms with Crippen LogP contribution in [-0.2, 0) is 27.7 Å². The molecule has 0 aromatic heterocycles. The van der Waals surface area contributed by atoms with Gasteiger partial charge in [-0.1, -0.05) is 6.07 Å². The van der Waals surface area contributed by atoms with Gasteiger partial charge in [-0.15, -0.1) is 0 Å². The molecule has 20 heavy (non-hydrogen) atoms. The lowest BCUT2D eigenvalue weighted by atomic mass is 9.95. The number of hydrogen-bond acceptors (Lipinski definition) is 3. The summed E-state index contributed by atoms with van der Waals surface area (Å²) in [5, 5.41) is 9.00. The number of nitrogens with one attached hydrogen (secondary N) is 1. The van der Waals surface area contributed by atoms with Crippen molar-refractivity contribution in [3.8, 4) is 0 Å². The second-order valence-electron chi connectivity index (χ2n) is 5.80. The molecular weight excluding hydrogens is 278 g/mol. The van der Waals surface area contributed by atoms with Gasteiger partial charge in [-0.3, -0.25) is 4.79 Å². The Hall–Kier alpha value is -1.40. The van der Waals surface area contributed by atoms with E-state index in [1.54, 1.807) is 12.1 Å². The summed E-state index contributed by atoms with van der Waals surface area (Å²) in [5.41, 5.74) is 1.14. The van der Waals surface area contributed by atoms with Crippen LogP contribution in [0.3, 0.4) is 0 Å². The zero-order valence-electron chi connectivity index (χ0n) is 11.6. The van der Waals surface area contributed by atoms with E-state index in [9.17, 15) is 13.2 Å². The Morgan fingerprint density at radius 3 is 2.60 bits per heavy atom. The highest BCUT2D eigenvalue weighted by molar-refractivity contribution is 7.89. The minimum Gasteiger partial charge on any atom is -0.481 e. The molecule has 0 heterocycles. The van der Waals surface area contributed by atoms with Crippen molar-refractivity contribution >= 4 is 16.0 Å². The number of hydrogen-bond donors (Lipinski definition) is 2. The van der Waals surface area contributed by atoms with E-state index in [1.807, 2.05) is 6.07 Å². The van der Waals surface area contributed by atoms with Crippen LogP contribution < -0.4 is 4.72 Å². The van der Waals surface area contributed by atoms with Crippen LogP contribution in [0.25, 0.3) is 0 Å². The van der Waals surface area contributed by atoms with Crippen molar-refractivity contribution in [2.75, 3.05) is 6.54 Å². The van der Waals surface area contributed by atoms with Gasteiger partial charge in [0.05, 0.1) is 10.3 Å². The molecule has 6 heteroatoms. The van der Waals surface area contributed by atoms with E-state index in [-0.39, 0.29) is 11.4 Å². The largest absolute Gasteiger partial charge is 0.481 e. The summed E-state index contributed by atoms with van der Waals surface area (Å²) < 4.78 is 26.8. The molecule has 5 nitrogen and oxygen atoms in total. The van der Waals surface area contributed by atoms with E-state index in [1.165, 1.54) is 19.4 Å². The first kappa shape index (κ1) is 15.0. The monoisotopic (exact) mass is 297 g/mol. The van der Waals surface area contributed by atoms with E-state index in [0.717, 1.165) is 24.8 Å². The number of aliphatic carboxylic acids is 1. The first-order valence-electron chi connectivity index (χ1n) is 6.57. The van der Waals surface area contributed by atoms with Crippen LogP contribution in [0.15, 0.2) is 23.1 Å². The lowest BCUT2D eigenvalue weighted by Gasteiger charge is -2.19. The molecule has 0 fully saturated rings. The molecule has 0 spiro atoms. The zero-order chi connectivity index (χ0) is 15.0. The maximum absolute atomic E-state index is 12.2. The molecule has 1 aromatic rings. The van der Waals surface area contributed by atoms with Gasteiger partial charge in [0.15, 0.2) is 0 Å². The predicted molar refractivity (Wildman–Crippen MR) is 75.1 cm³/mol. The molecule has 0 saturated heterocycles. The highest BCUT2D eigenvalue weighted by atomic mass is 32.2. The van der Waals surface area contributed by atoms with Crippen molar-refractivity contribution in [2.45, 2.75) is 38.0 Å². The number of fused-ring (bicyclic) bond motifs is 1. The summed E-state index contributed by atoms with van der Waals surface area (Å²) in [5.74, 6) is -1.03. The van der Waals surface area contributed by atoms with Crippen molar-refractivity contribution in [1.29, 1.82) is 0 Å². The maximum Gasteiger partial charge on any atom is 0.310 e. The van der Waals surface area contributed by atoms with Gasteiger partial charge in [-0.05, 0) is 56.4 Å². The Kier molecular flexibility index (Phi) is 3.88. The Morgan fingerprint density at radius 2 is 1.95 bits per heavy atom. The second kappa shape index (κ2) is 5.18. The summed E-state index contributed by atoms with van der Waals surface area (Å²) in [6.07, 6.45) is 2.95. The first-order valence-corrected chi connectivity index (χ1v) is 8.05. The molecule has 110 valence electrons. The molecule has 0 atom stereocenters. The second-order valence-corrected chi connectivity index (χ2v) is 7.56. The average molecular weight is 297 g/mol. The number of aryl methyl sites for hydroxylation is 2. The summed E-state index contributed by atoms with van der Waals surface area (Å²) in [4.78, 5) is 11.2. The average Bonchev–Trinajstić information content (AvgIpc) is 2.83. The van der Waals surface area contributed by atoms with Gasteiger partial charge in [-0.25, -0.2) is 13.1 Å². The predicted octanol–water partition coefficient (Wildman–Crippen LogP) is 1.56. The Balaban J connectivity index is 2.17. The van der Waals surface area contributed by atoms with Crippen molar-refractivity contribution in [1.82, 2.24) is 4.72 Å². The van der Waals surface area contributed by atoms with Crippen LogP contribution in [-0.4, -0.2) is 26.0 Å².